The smallest absolute Gasteiger partial charge is 0.119 e. The SMILES string of the molecule is CNC(c1ccc(OC)cc1C)C1CN(C)CCO1. The molecule has 0 amide bonds. The molecule has 106 valence electrons. The van der Waals surface area contributed by atoms with E-state index in [1.54, 1.807) is 7.11 Å². The number of aryl methyl sites for hydroxylation is 1. The van der Waals surface area contributed by atoms with Crippen molar-refractivity contribution in [3.63, 3.8) is 0 Å². The van der Waals surface area contributed by atoms with E-state index in [9.17, 15) is 0 Å². The topological polar surface area (TPSA) is 33.7 Å². The van der Waals surface area contributed by atoms with E-state index in [2.05, 4.69) is 36.3 Å². The molecule has 4 heteroatoms. The molecule has 2 unspecified atom stereocenters. The number of likely N-dealkylation sites (N-methyl/N-ethyl adjacent to an activating group) is 2. The van der Waals surface area contributed by atoms with Crippen LogP contribution in [0.4, 0.5) is 0 Å². The van der Waals surface area contributed by atoms with Crippen LogP contribution in [0.15, 0.2) is 18.2 Å². The zero-order valence-corrected chi connectivity index (χ0v) is 12.3. The molecule has 0 radical (unpaired) electrons. The van der Waals surface area contributed by atoms with Gasteiger partial charge in [-0.15, -0.1) is 0 Å². The molecule has 1 aliphatic rings. The predicted octanol–water partition coefficient (Wildman–Crippen LogP) is 1.59. The number of rotatable bonds is 4. The summed E-state index contributed by atoms with van der Waals surface area (Å²) in [4.78, 5) is 2.32. The third kappa shape index (κ3) is 3.26. The summed E-state index contributed by atoms with van der Waals surface area (Å²) in [7, 11) is 5.83. The van der Waals surface area contributed by atoms with Crippen molar-refractivity contribution in [1.82, 2.24) is 10.2 Å². The number of nitrogens with one attached hydrogen (secondary N) is 1. The van der Waals surface area contributed by atoms with Crippen LogP contribution in [0, 0.1) is 6.92 Å². The molecule has 1 saturated heterocycles. The lowest BCUT2D eigenvalue weighted by Gasteiger charge is -2.35. The highest BCUT2D eigenvalue weighted by Gasteiger charge is 2.27. The third-order valence-electron chi connectivity index (χ3n) is 3.79. The highest BCUT2D eigenvalue weighted by Crippen LogP contribution is 2.27. The summed E-state index contributed by atoms with van der Waals surface area (Å²) in [5.41, 5.74) is 2.51. The molecule has 1 fully saturated rings. The number of morpholine rings is 1. The lowest BCUT2D eigenvalue weighted by atomic mass is 9.96. The Morgan fingerprint density at radius 2 is 2.26 bits per heavy atom. The molecular weight excluding hydrogens is 240 g/mol. The Bertz CT molecular complexity index is 423. The van der Waals surface area contributed by atoms with Crippen molar-refractivity contribution in [1.29, 1.82) is 0 Å². The van der Waals surface area contributed by atoms with Gasteiger partial charge in [-0.25, -0.2) is 0 Å². The van der Waals surface area contributed by atoms with E-state index in [0.717, 1.165) is 25.4 Å². The van der Waals surface area contributed by atoms with E-state index < -0.39 is 0 Å². The molecule has 1 aliphatic heterocycles. The van der Waals surface area contributed by atoms with Gasteiger partial charge in [0.15, 0.2) is 0 Å². The molecule has 19 heavy (non-hydrogen) atoms. The standard InChI is InChI=1S/C15H24N2O2/c1-11-9-12(18-4)5-6-13(11)15(16-2)14-10-17(3)7-8-19-14/h5-6,9,14-16H,7-8,10H2,1-4H3. The minimum atomic E-state index is 0.191. The Labute approximate surface area is 115 Å². The van der Waals surface area contributed by atoms with Gasteiger partial charge in [-0.3, -0.25) is 0 Å². The summed E-state index contributed by atoms with van der Waals surface area (Å²) >= 11 is 0. The van der Waals surface area contributed by atoms with Crippen molar-refractivity contribution in [3.05, 3.63) is 29.3 Å². The molecule has 0 aromatic heterocycles. The van der Waals surface area contributed by atoms with Crippen LogP contribution in [-0.4, -0.2) is 51.9 Å². The molecular formula is C15H24N2O2. The van der Waals surface area contributed by atoms with Gasteiger partial charge in [0.25, 0.3) is 0 Å². The third-order valence-corrected chi connectivity index (χ3v) is 3.79. The molecule has 0 bridgehead atoms. The van der Waals surface area contributed by atoms with Gasteiger partial charge < -0.3 is 19.7 Å². The normalized spacial score (nSPS) is 22.2. The molecule has 0 aliphatic carbocycles. The van der Waals surface area contributed by atoms with E-state index in [-0.39, 0.29) is 12.1 Å². The molecule has 4 nitrogen and oxygen atoms in total. The maximum absolute atomic E-state index is 5.93. The monoisotopic (exact) mass is 264 g/mol. The van der Waals surface area contributed by atoms with Crippen molar-refractivity contribution in [2.45, 2.75) is 19.1 Å². The van der Waals surface area contributed by atoms with Gasteiger partial charge in [0, 0.05) is 13.1 Å². The molecule has 1 aromatic rings. The fraction of sp³-hybridized carbons (Fsp3) is 0.600. The highest BCUT2D eigenvalue weighted by atomic mass is 16.5. The first-order chi connectivity index (χ1) is 9.15. The average Bonchev–Trinajstić information content (AvgIpc) is 2.41. The van der Waals surface area contributed by atoms with Crippen molar-refractivity contribution < 1.29 is 9.47 Å². The van der Waals surface area contributed by atoms with Crippen LogP contribution in [0.3, 0.4) is 0 Å². The van der Waals surface area contributed by atoms with E-state index >= 15 is 0 Å². The molecule has 1 N–H and O–H groups in total. The van der Waals surface area contributed by atoms with Gasteiger partial charge >= 0.3 is 0 Å². The summed E-state index contributed by atoms with van der Waals surface area (Å²) in [6.07, 6.45) is 0.191. The largest absolute Gasteiger partial charge is 0.497 e. The molecule has 1 aromatic carbocycles. The maximum Gasteiger partial charge on any atom is 0.119 e. The molecule has 0 saturated carbocycles. The minimum Gasteiger partial charge on any atom is -0.497 e. The number of hydrogen-bond acceptors (Lipinski definition) is 4. The van der Waals surface area contributed by atoms with Gasteiger partial charge in [0.2, 0.25) is 0 Å². The van der Waals surface area contributed by atoms with Crippen LogP contribution < -0.4 is 10.1 Å². The van der Waals surface area contributed by atoms with Crippen LogP contribution in [0.2, 0.25) is 0 Å². The Kier molecular flexibility index (Phi) is 4.80. The molecule has 1 heterocycles. The van der Waals surface area contributed by atoms with E-state index in [1.165, 1.54) is 11.1 Å². The van der Waals surface area contributed by atoms with Gasteiger partial charge in [-0.2, -0.15) is 0 Å². The first-order valence-electron chi connectivity index (χ1n) is 6.77. The van der Waals surface area contributed by atoms with Crippen LogP contribution in [0.1, 0.15) is 17.2 Å². The summed E-state index contributed by atoms with van der Waals surface area (Å²) in [5, 5.41) is 3.39. The molecule has 2 rings (SSSR count). The number of ether oxygens (including phenoxy) is 2. The Balaban J connectivity index is 2.21. The van der Waals surface area contributed by atoms with Crippen LogP contribution in [-0.2, 0) is 4.74 Å². The van der Waals surface area contributed by atoms with Gasteiger partial charge in [0.05, 0.1) is 25.9 Å². The van der Waals surface area contributed by atoms with Crippen LogP contribution in [0.25, 0.3) is 0 Å². The molecule has 2 atom stereocenters. The van der Waals surface area contributed by atoms with Crippen molar-refractivity contribution in [3.8, 4) is 5.75 Å². The summed E-state index contributed by atoms with van der Waals surface area (Å²) in [5.74, 6) is 0.901. The predicted molar refractivity (Wildman–Crippen MR) is 76.8 cm³/mol. The average molecular weight is 264 g/mol. The summed E-state index contributed by atoms with van der Waals surface area (Å²) in [6, 6.07) is 6.44. The summed E-state index contributed by atoms with van der Waals surface area (Å²) < 4.78 is 11.2. The second-order valence-corrected chi connectivity index (χ2v) is 5.16. The number of methoxy groups -OCH3 is 1. The van der Waals surface area contributed by atoms with Crippen molar-refractivity contribution in [2.24, 2.45) is 0 Å². The second-order valence-electron chi connectivity index (χ2n) is 5.16. The fourth-order valence-electron chi connectivity index (χ4n) is 2.68. The Hall–Kier alpha value is -1.10. The number of hydrogen-bond donors (Lipinski definition) is 1. The lowest BCUT2D eigenvalue weighted by molar-refractivity contribution is -0.0381. The van der Waals surface area contributed by atoms with Crippen LogP contribution in [0.5, 0.6) is 5.75 Å². The number of nitrogens with zero attached hydrogens (tertiary/aromatic N) is 1. The van der Waals surface area contributed by atoms with E-state index in [0.29, 0.717) is 0 Å². The first kappa shape index (κ1) is 14.3. The highest BCUT2D eigenvalue weighted by molar-refractivity contribution is 5.37. The van der Waals surface area contributed by atoms with E-state index in [4.69, 9.17) is 9.47 Å². The van der Waals surface area contributed by atoms with Crippen molar-refractivity contribution in [2.75, 3.05) is 40.9 Å². The minimum absolute atomic E-state index is 0.191. The van der Waals surface area contributed by atoms with Gasteiger partial charge in [-0.1, -0.05) is 6.07 Å². The Morgan fingerprint density at radius 3 is 2.84 bits per heavy atom. The van der Waals surface area contributed by atoms with Crippen LogP contribution >= 0.6 is 0 Å². The zero-order valence-electron chi connectivity index (χ0n) is 12.3. The number of benzene rings is 1. The zero-order chi connectivity index (χ0) is 13.8. The quantitative estimate of drug-likeness (QED) is 0.895. The second kappa shape index (κ2) is 6.37. The summed E-state index contributed by atoms with van der Waals surface area (Å²) in [6.45, 7) is 4.88. The maximum atomic E-state index is 5.93. The van der Waals surface area contributed by atoms with E-state index in [1.807, 2.05) is 13.1 Å². The molecule has 0 spiro atoms. The fourth-order valence-corrected chi connectivity index (χ4v) is 2.68. The first-order valence-corrected chi connectivity index (χ1v) is 6.77. The van der Waals surface area contributed by atoms with Gasteiger partial charge in [-0.05, 0) is 44.3 Å². The van der Waals surface area contributed by atoms with Gasteiger partial charge in [0.1, 0.15) is 5.75 Å². The van der Waals surface area contributed by atoms with Crippen molar-refractivity contribution >= 4 is 0 Å². The lowest BCUT2D eigenvalue weighted by Crippen LogP contribution is -2.46. The Morgan fingerprint density at radius 1 is 1.47 bits per heavy atom.